The molecule has 5 nitrogen and oxygen atoms in total. The number of piperidine rings is 1. The van der Waals surface area contributed by atoms with E-state index >= 15 is 0 Å². The summed E-state index contributed by atoms with van der Waals surface area (Å²) in [6.45, 7) is 6.71. The van der Waals surface area contributed by atoms with Gasteiger partial charge in [-0.25, -0.2) is 4.98 Å². The molecule has 1 atom stereocenters. The number of nitrogens with zero attached hydrogens (tertiary/aromatic N) is 2. The Hall–Kier alpha value is -1.62. The Kier molecular flexibility index (Phi) is 4.95. The highest BCUT2D eigenvalue weighted by molar-refractivity contribution is 5.77. The molecule has 2 rings (SSSR count). The van der Waals surface area contributed by atoms with Crippen LogP contribution in [-0.2, 0) is 11.3 Å². The first-order valence-electron chi connectivity index (χ1n) is 7.29. The van der Waals surface area contributed by atoms with Crippen molar-refractivity contribution in [3.8, 4) is 0 Å². The molecule has 0 bridgehead atoms. The SMILES string of the molecule is CC(C)NCc1ccc(N2CCCC(C(N)=O)C2)nc1. The van der Waals surface area contributed by atoms with E-state index in [0.717, 1.165) is 31.7 Å². The van der Waals surface area contributed by atoms with Gasteiger partial charge in [-0.05, 0) is 24.5 Å². The Morgan fingerprint density at radius 3 is 2.95 bits per heavy atom. The van der Waals surface area contributed by atoms with Crippen LogP contribution >= 0.6 is 0 Å². The third-order valence-electron chi connectivity index (χ3n) is 3.67. The maximum Gasteiger partial charge on any atom is 0.222 e. The van der Waals surface area contributed by atoms with Crippen molar-refractivity contribution in [1.29, 1.82) is 0 Å². The molecule has 0 aliphatic carbocycles. The lowest BCUT2D eigenvalue weighted by Gasteiger charge is -2.32. The summed E-state index contributed by atoms with van der Waals surface area (Å²) in [6, 6.07) is 4.58. The molecule has 1 aliphatic heterocycles. The fraction of sp³-hybridized carbons (Fsp3) is 0.600. The summed E-state index contributed by atoms with van der Waals surface area (Å²) in [5, 5.41) is 3.37. The standard InChI is InChI=1S/C15H24N4O/c1-11(2)17-8-12-5-6-14(18-9-12)19-7-3-4-13(10-19)15(16)20/h5-6,9,11,13,17H,3-4,7-8,10H2,1-2H3,(H2,16,20). The van der Waals surface area contributed by atoms with E-state index in [1.165, 1.54) is 5.56 Å². The Balaban J connectivity index is 1.97. The summed E-state index contributed by atoms with van der Waals surface area (Å²) in [6.07, 6.45) is 3.78. The minimum absolute atomic E-state index is 0.0483. The van der Waals surface area contributed by atoms with Gasteiger partial charge in [-0.3, -0.25) is 4.79 Å². The molecule has 1 aliphatic rings. The Morgan fingerprint density at radius 1 is 1.55 bits per heavy atom. The molecule has 110 valence electrons. The van der Waals surface area contributed by atoms with E-state index in [9.17, 15) is 4.79 Å². The number of aromatic nitrogens is 1. The van der Waals surface area contributed by atoms with E-state index in [2.05, 4.69) is 35.1 Å². The lowest BCUT2D eigenvalue weighted by atomic mass is 9.97. The van der Waals surface area contributed by atoms with Crippen LogP contribution < -0.4 is 16.0 Å². The van der Waals surface area contributed by atoms with Gasteiger partial charge < -0.3 is 16.0 Å². The first-order chi connectivity index (χ1) is 9.56. The summed E-state index contributed by atoms with van der Waals surface area (Å²) < 4.78 is 0. The van der Waals surface area contributed by atoms with E-state index in [4.69, 9.17) is 5.73 Å². The molecule has 0 spiro atoms. The van der Waals surface area contributed by atoms with E-state index in [1.807, 2.05) is 12.3 Å². The molecular weight excluding hydrogens is 252 g/mol. The number of hydrogen-bond donors (Lipinski definition) is 2. The summed E-state index contributed by atoms with van der Waals surface area (Å²) in [5.74, 6) is 0.685. The van der Waals surface area contributed by atoms with Gasteiger partial charge in [0.05, 0.1) is 5.92 Å². The quantitative estimate of drug-likeness (QED) is 0.850. The zero-order chi connectivity index (χ0) is 14.5. The molecule has 3 N–H and O–H groups in total. The lowest BCUT2D eigenvalue weighted by Crippen LogP contribution is -2.41. The predicted molar refractivity (Wildman–Crippen MR) is 80.3 cm³/mol. The van der Waals surface area contributed by atoms with Crippen molar-refractivity contribution in [2.24, 2.45) is 11.7 Å². The Bertz CT molecular complexity index is 444. The number of rotatable bonds is 5. The van der Waals surface area contributed by atoms with Crippen molar-refractivity contribution in [1.82, 2.24) is 10.3 Å². The molecule has 1 unspecified atom stereocenters. The smallest absolute Gasteiger partial charge is 0.222 e. The maximum absolute atomic E-state index is 11.3. The first-order valence-corrected chi connectivity index (χ1v) is 7.29. The number of carbonyl (C=O) groups excluding carboxylic acids is 1. The van der Waals surface area contributed by atoms with Crippen molar-refractivity contribution < 1.29 is 4.79 Å². The minimum atomic E-state index is -0.201. The molecule has 0 radical (unpaired) electrons. The molecule has 0 aromatic carbocycles. The average molecular weight is 276 g/mol. The highest BCUT2D eigenvalue weighted by atomic mass is 16.1. The van der Waals surface area contributed by atoms with Gasteiger partial charge in [0.15, 0.2) is 0 Å². The fourth-order valence-corrected chi connectivity index (χ4v) is 2.45. The number of amides is 1. The summed E-state index contributed by atoms with van der Waals surface area (Å²) in [5.41, 5.74) is 6.58. The van der Waals surface area contributed by atoms with Crippen LogP contribution in [0.2, 0.25) is 0 Å². The monoisotopic (exact) mass is 276 g/mol. The van der Waals surface area contributed by atoms with Gasteiger partial charge in [-0.1, -0.05) is 19.9 Å². The second kappa shape index (κ2) is 6.70. The number of anilines is 1. The van der Waals surface area contributed by atoms with Crippen LogP contribution in [0, 0.1) is 5.92 Å². The molecule has 1 aromatic heterocycles. The second-order valence-electron chi connectivity index (χ2n) is 5.75. The zero-order valence-electron chi connectivity index (χ0n) is 12.3. The molecule has 20 heavy (non-hydrogen) atoms. The lowest BCUT2D eigenvalue weighted by molar-refractivity contribution is -0.122. The summed E-state index contributed by atoms with van der Waals surface area (Å²) in [7, 11) is 0. The normalized spacial score (nSPS) is 19.4. The minimum Gasteiger partial charge on any atom is -0.369 e. The van der Waals surface area contributed by atoms with Gasteiger partial charge in [0.1, 0.15) is 5.82 Å². The largest absolute Gasteiger partial charge is 0.369 e. The average Bonchev–Trinajstić information content (AvgIpc) is 2.46. The van der Waals surface area contributed by atoms with Crippen LogP contribution in [0.1, 0.15) is 32.3 Å². The van der Waals surface area contributed by atoms with Gasteiger partial charge in [-0.2, -0.15) is 0 Å². The second-order valence-corrected chi connectivity index (χ2v) is 5.75. The van der Waals surface area contributed by atoms with Crippen LogP contribution in [0.4, 0.5) is 5.82 Å². The van der Waals surface area contributed by atoms with E-state index < -0.39 is 0 Å². The van der Waals surface area contributed by atoms with Crippen LogP contribution in [-0.4, -0.2) is 30.0 Å². The van der Waals surface area contributed by atoms with E-state index in [-0.39, 0.29) is 11.8 Å². The van der Waals surface area contributed by atoms with Gasteiger partial charge in [0.2, 0.25) is 5.91 Å². The van der Waals surface area contributed by atoms with Crippen molar-refractivity contribution in [3.05, 3.63) is 23.9 Å². The fourth-order valence-electron chi connectivity index (χ4n) is 2.45. The highest BCUT2D eigenvalue weighted by Crippen LogP contribution is 2.21. The third kappa shape index (κ3) is 3.93. The highest BCUT2D eigenvalue weighted by Gasteiger charge is 2.24. The first kappa shape index (κ1) is 14.8. The number of nitrogens with one attached hydrogen (secondary N) is 1. The number of carbonyl (C=O) groups is 1. The number of nitrogens with two attached hydrogens (primary N) is 1. The molecule has 1 fully saturated rings. The van der Waals surface area contributed by atoms with E-state index in [0.29, 0.717) is 12.6 Å². The maximum atomic E-state index is 11.3. The van der Waals surface area contributed by atoms with Gasteiger partial charge in [-0.15, -0.1) is 0 Å². The predicted octanol–water partition coefficient (Wildman–Crippen LogP) is 1.28. The van der Waals surface area contributed by atoms with Crippen LogP contribution in [0.5, 0.6) is 0 Å². The molecule has 1 amide bonds. The van der Waals surface area contributed by atoms with Crippen LogP contribution in [0.15, 0.2) is 18.3 Å². The summed E-state index contributed by atoms with van der Waals surface area (Å²) >= 11 is 0. The van der Waals surface area contributed by atoms with Gasteiger partial charge in [0, 0.05) is 31.9 Å². The Morgan fingerprint density at radius 2 is 2.35 bits per heavy atom. The Labute approximate surface area is 120 Å². The summed E-state index contributed by atoms with van der Waals surface area (Å²) in [4.78, 5) is 18.0. The van der Waals surface area contributed by atoms with Crippen molar-refractivity contribution >= 4 is 11.7 Å². The third-order valence-corrected chi connectivity index (χ3v) is 3.67. The van der Waals surface area contributed by atoms with Gasteiger partial charge in [0.25, 0.3) is 0 Å². The van der Waals surface area contributed by atoms with E-state index in [1.54, 1.807) is 0 Å². The molecule has 1 saturated heterocycles. The molecule has 0 saturated carbocycles. The van der Waals surface area contributed by atoms with Gasteiger partial charge >= 0.3 is 0 Å². The molecule has 1 aromatic rings. The van der Waals surface area contributed by atoms with Crippen molar-refractivity contribution in [2.45, 2.75) is 39.3 Å². The molecular formula is C15H24N4O. The molecule has 5 heteroatoms. The van der Waals surface area contributed by atoms with Crippen LogP contribution in [0.25, 0.3) is 0 Å². The van der Waals surface area contributed by atoms with Crippen LogP contribution in [0.3, 0.4) is 0 Å². The zero-order valence-corrected chi connectivity index (χ0v) is 12.3. The topological polar surface area (TPSA) is 71.2 Å². The molecule has 2 heterocycles. The van der Waals surface area contributed by atoms with Crippen molar-refractivity contribution in [2.75, 3.05) is 18.0 Å². The number of primary amides is 1. The van der Waals surface area contributed by atoms with Crippen molar-refractivity contribution in [3.63, 3.8) is 0 Å². The number of pyridine rings is 1. The number of hydrogen-bond acceptors (Lipinski definition) is 4.